The molecule has 13 heavy (non-hydrogen) atoms. The predicted octanol–water partition coefficient (Wildman–Crippen LogP) is 0.891. The summed E-state index contributed by atoms with van der Waals surface area (Å²) in [6, 6.07) is 0. The number of carboxylic acids is 1. The summed E-state index contributed by atoms with van der Waals surface area (Å²) in [5, 5.41) is 8.85. The molecule has 0 bridgehead atoms. The summed E-state index contributed by atoms with van der Waals surface area (Å²) < 4.78 is 0. The number of aryl methyl sites for hydroxylation is 1. The molecule has 0 amide bonds. The Balaban J connectivity index is 2.53. The lowest BCUT2D eigenvalue weighted by molar-refractivity contribution is -0.130. The fourth-order valence-electron chi connectivity index (χ4n) is 1.41. The predicted molar refractivity (Wildman–Crippen MR) is 46.0 cm³/mol. The van der Waals surface area contributed by atoms with Crippen molar-refractivity contribution in [2.75, 3.05) is 0 Å². The molecular weight excluding hydrogens is 168 g/mol. The van der Waals surface area contributed by atoms with Crippen molar-refractivity contribution >= 4 is 11.5 Å². The molecule has 0 fully saturated rings. The highest BCUT2D eigenvalue weighted by molar-refractivity contribution is 6.15. The molecule has 2 rings (SSSR count). The van der Waals surface area contributed by atoms with Gasteiger partial charge in [0.1, 0.15) is 0 Å². The van der Waals surface area contributed by atoms with Crippen LogP contribution >= 0.6 is 0 Å². The van der Waals surface area contributed by atoms with Crippen LogP contribution in [-0.4, -0.2) is 21.0 Å². The molecule has 0 aromatic carbocycles. The van der Waals surface area contributed by atoms with E-state index in [1.54, 1.807) is 12.3 Å². The highest BCUT2D eigenvalue weighted by Gasteiger charge is 2.19. The van der Waals surface area contributed by atoms with Gasteiger partial charge in [0, 0.05) is 12.4 Å². The molecule has 1 aromatic heterocycles. The fraction of sp³-hybridized carbons (Fsp3) is 0.222. The van der Waals surface area contributed by atoms with Crippen LogP contribution in [-0.2, 0) is 11.2 Å². The zero-order chi connectivity index (χ0) is 9.26. The molecule has 0 unspecified atom stereocenters. The Hall–Kier alpha value is -1.71. The summed E-state index contributed by atoms with van der Waals surface area (Å²) >= 11 is 0. The summed E-state index contributed by atoms with van der Waals surface area (Å²) in [7, 11) is 0. The van der Waals surface area contributed by atoms with Crippen LogP contribution in [0.25, 0.3) is 5.57 Å². The van der Waals surface area contributed by atoms with Crippen LogP contribution < -0.4 is 0 Å². The number of hydrogen-bond acceptors (Lipinski definition) is 3. The van der Waals surface area contributed by atoms with Crippen LogP contribution in [0.1, 0.15) is 17.8 Å². The molecule has 0 spiro atoms. The first kappa shape index (κ1) is 7.91. The number of rotatable bonds is 1. The molecule has 1 N–H and O–H groups in total. The number of carbonyl (C=O) groups is 1. The Bertz CT molecular complexity index is 385. The van der Waals surface area contributed by atoms with Crippen molar-refractivity contribution in [1.82, 2.24) is 9.97 Å². The van der Waals surface area contributed by atoms with E-state index in [9.17, 15) is 4.79 Å². The maximum absolute atomic E-state index is 10.8. The van der Waals surface area contributed by atoms with Crippen molar-refractivity contribution < 1.29 is 9.90 Å². The topological polar surface area (TPSA) is 63.1 Å². The molecule has 4 heteroatoms. The number of nitrogens with zero attached hydrogens (tertiary/aromatic N) is 2. The Morgan fingerprint density at radius 1 is 1.38 bits per heavy atom. The van der Waals surface area contributed by atoms with Gasteiger partial charge in [-0.1, -0.05) is 6.08 Å². The number of carboxylic acid groups (broad SMARTS) is 1. The van der Waals surface area contributed by atoms with Crippen LogP contribution in [0, 0.1) is 0 Å². The number of allylic oxidation sites excluding steroid dienone is 1. The lowest BCUT2D eigenvalue weighted by atomic mass is 10.00. The van der Waals surface area contributed by atoms with Gasteiger partial charge in [0.2, 0.25) is 0 Å². The summed E-state index contributed by atoms with van der Waals surface area (Å²) in [5.74, 6) is -0.929. The SMILES string of the molecule is O=C(O)C1=CCCc2nccnc21. The van der Waals surface area contributed by atoms with Crippen molar-refractivity contribution in [1.29, 1.82) is 0 Å². The third kappa shape index (κ3) is 1.30. The lowest BCUT2D eigenvalue weighted by Crippen LogP contribution is -2.10. The maximum Gasteiger partial charge on any atom is 0.337 e. The third-order valence-corrected chi connectivity index (χ3v) is 1.99. The van der Waals surface area contributed by atoms with Crippen LogP contribution in [0.5, 0.6) is 0 Å². The van der Waals surface area contributed by atoms with Crippen LogP contribution in [0.2, 0.25) is 0 Å². The van der Waals surface area contributed by atoms with Gasteiger partial charge in [-0.15, -0.1) is 0 Å². The molecular formula is C9H8N2O2. The van der Waals surface area contributed by atoms with Crippen LogP contribution in [0.15, 0.2) is 18.5 Å². The molecule has 1 heterocycles. The Kier molecular flexibility index (Phi) is 1.81. The zero-order valence-corrected chi connectivity index (χ0v) is 6.90. The second kappa shape index (κ2) is 2.97. The number of aliphatic carboxylic acids is 1. The minimum atomic E-state index is -0.929. The van der Waals surface area contributed by atoms with Gasteiger partial charge in [-0.25, -0.2) is 4.79 Å². The highest BCUT2D eigenvalue weighted by Crippen LogP contribution is 2.22. The molecule has 0 radical (unpaired) electrons. The monoisotopic (exact) mass is 176 g/mol. The molecule has 0 saturated heterocycles. The largest absolute Gasteiger partial charge is 0.478 e. The lowest BCUT2D eigenvalue weighted by Gasteiger charge is -2.11. The van der Waals surface area contributed by atoms with Gasteiger partial charge >= 0.3 is 5.97 Å². The van der Waals surface area contributed by atoms with Crippen molar-refractivity contribution in [3.8, 4) is 0 Å². The van der Waals surface area contributed by atoms with E-state index in [2.05, 4.69) is 9.97 Å². The smallest absolute Gasteiger partial charge is 0.337 e. The van der Waals surface area contributed by atoms with E-state index in [1.165, 1.54) is 6.20 Å². The first-order chi connectivity index (χ1) is 6.29. The van der Waals surface area contributed by atoms with E-state index < -0.39 is 5.97 Å². The Labute approximate surface area is 75.0 Å². The third-order valence-electron chi connectivity index (χ3n) is 1.99. The van der Waals surface area contributed by atoms with Gasteiger partial charge in [-0.2, -0.15) is 0 Å². The van der Waals surface area contributed by atoms with Crippen LogP contribution in [0.3, 0.4) is 0 Å². The number of hydrogen-bond donors (Lipinski definition) is 1. The maximum atomic E-state index is 10.8. The minimum Gasteiger partial charge on any atom is -0.478 e. The van der Waals surface area contributed by atoms with E-state index in [1.807, 2.05) is 0 Å². The zero-order valence-electron chi connectivity index (χ0n) is 6.90. The quantitative estimate of drug-likeness (QED) is 0.690. The second-order valence-corrected chi connectivity index (χ2v) is 2.81. The molecule has 0 atom stereocenters. The molecule has 1 aliphatic carbocycles. The Morgan fingerprint density at radius 2 is 2.15 bits per heavy atom. The molecule has 1 aromatic rings. The minimum absolute atomic E-state index is 0.273. The molecule has 66 valence electrons. The van der Waals surface area contributed by atoms with E-state index in [0.29, 0.717) is 5.69 Å². The fourth-order valence-corrected chi connectivity index (χ4v) is 1.41. The van der Waals surface area contributed by atoms with Gasteiger partial charge in [0.15, 0.2) is 0 Å². The molecule has 4 nitrogen and oxygen atoms in total. The standard InChI is InChI=1S/C9H8N2O2/c12-9(13)6-2-1-3-7-8(6)11-5-4-10-7/h2,4-5H,1,3H2,(H,12,13). The normalized spacial score (nSPS) is 14.6. The first-order valence-corrected chi connectivity index (χ1v) is 4.03. The van der Waals surface area contributed by atoms with E-state index in [4.69, 9.17) is 5.11 Å². The van der Waals surface area contributed by atoms with Crippen molar-refractivity contribution in [3.63, 3.8) is 0 Å². The molecule has 0 aliphatic heterocycles. The average Bonchev–Trinajstić information content (AvgIpc) is 2.17. The van der Waals surface area contributed by atoms with Gasteiger partial charge < -0.3 is 5.11 Å². The van der Waals surface area contributed by atoms with E-state index in [0.717, 1.165) is 18.5 Å². The van der Waals surface area contributed by atoms with E-state index in [-0.39, 0.29) is 5.57 Å². The average molecular weight is 176 g/mol. The molecule has 0 saturated carbocycles. The number of aromatic nitrogens is 2. The summed E-state index contributed by atoms with van der Waals surface area (Å²) in [6.07, 6.45) is 6.30. The van der Waals surface area contributed by atoms with Crippen molar-refractivity contribution in [3.05, 3.63) is 29.9 Å². The van der Waals surface area contributed by atoms with Crippen LogP contribution in [0.4, 0.5) is 0 Å². The van der Waals surface area contributed by atoms with Gasteiger partial charge in [-0.05, 0) is 12.8 Å². The number of fused-ring (bicyclic) bond motifs is 1. The van der Waals surface area contributed by atoms with Crippen molar-refractivity contribution in [2.45, 2.75) is 12.8 Å². The van der Waals surface area contributed by atoms with E-state index >= 15 is 0 Å². The van der Waals surface area contributed by atoms with Crippen molar-refractivity contribution in [2.24, 2.45) is 0 Å². The van der Waals surface area contributed by atoms with Gasteiger partial charge in [0.25, 0.3) is 0 Å². The highest BCUT2D eigenvalue weighted by atomic mass is 16.4. The second-order valence-electron chi connectivity index (χ2n) is 2.81. The summed E-state index contributed by atoms with van der Waals surface area (Å²) in [4.78, 5) is 18.9. The van der Waals surface area contributed by atoms with Gasteiger partial charge in [-0.3, -0.25) is 9.97 Å². The summed E-state index contributed by atoms with van der Waals surface area (Å²) in [5.41, 5.74) is 1.57. The first-order valence-electron chi connectivity index (χ1n) is 4.03. The Morgan fingerprint density at radius 3 is 2.92 bits per heavy atom. The van der Waals surface area contributed by atoms with Gasteiger partial charge in [0.05, 0.1) is 17.0 Å². The molecule has 1 aliphatic rings. The summed E-state index contributed by atoms with van der Waals surface area (Å²) in [6.45, 7) is 0.